The van der Waals surface area contributed by atoms with Gasteiger partial charge in [-0.1, -0.05) is 11.6 Å². The second kappa shape index (κ2) is 4.40. The molecule has 0 radical (unpaired) electrons. The Hall–Kier alpha value is -1.11. The van der Waals surface area contributed by atoms with Crippen molar-refractivity contribution in [2.75, 3.05) is 7.11 Å². The lowest BCUT2D eigenvalue weighted by Gasteiger charge is -2.13. The van der Waals surface area contributed by atoms with Crippen molar-refractivity contribution in [3.8, 4) is 5.88 Å². The Morgan fingerprint density at radius 2 is 1.94 bits per heavy atom. The zero-order valence-corrected chi connectivity index (χ0v) is 8.53. The zero-order valence-electron chi connectivity index (χ0n) is 7.78. The molecule has 1 aromatic heterocycles. The Morgan fingerprint density at radius 3 is 2.31 bits per heavy atom. The summed E-state index contributed by atoms with van der Waals surface area (Å²) in [6, 6.07) is 0.466. The van der Waals surface area contributed by atoms with Crippen LogP contribution in [0.2, 0.25) is 5.02 Å². The molecule has 2 nitrogen and oxygen atoms in total. The normalized spacial score (nSPS) is 12.0. The van der Waals surface area contributed by atoms with Gasteiger partial charge in [0.05, 0.1) is 17.7 Å². The number of hydrogen-bond acceptors (Lipinski definition) is 2. The SMILES string of the molecule is COc1cc(C(F)(F)F)c(Cl)c(C(F)F)n1. The number of halogens is 6. The predicted molar refractivity (Wildman–Crippen MR) is 45.8 cm³/mol. The third-order valence-electron chi connectivity index (χ3n) is 1.68. The molecule has 0 aromatic carbocycles. The average Bonchev–Trinajstić information content (AvgIpc) is 2.15. The average molecular weight is 262 g/mol. The van der Waals surface area contributed by atoms with Crippen molar-refractivity contribution in [2.24, 2.45) is 0 Å². The summed E-state index contributed by atoms with van der Waals surface area (Å²) in [5, 5.41) is -1.11. The van der Waals surface area contributed by atoms with Gasteiger partial charge in [0.25, 0.3) is 6.43 Å². The van der Waals surface area contributed by atoms with E-state index >= 15 is 0 Å². The summed E-state index contributed by atoms with van der Waals surface area (Å²) < 4.78 is 66.3. The molecule has 0 amide bonds. The van der Waals surface area contributed by atoms with Crippen LogP contribution < -0.4 is 4.74 Å². The number of methoxy groups -OCH3 is 1. The lowest BCUT2D eigenvalue weighted by molar-refractivity contribution is -0.137. The fourth-order valence-corrected chi connectivity index (χ4v) is 1.27. The maximum Gasteiger partial charge on any atom is 0.418 e. The van der Waals surface area contributed by atoms with Crippen molar-refractivity contribution >= 4 is 11.6 Å². The number of aromatic nitrogens is 1. The van der Waals surface area contributed by atoms with Crippen LogP contribution in [0, 0.1) is 0 Å². The van der Waals surface area contributed by atoms with Crippen LogP contribution in [0.1, 0.15) is 17.7 Å². The summed E-state index contributed by atoms with van der Waals surface area (Å²) in [6.45, 7) is 0. The number of ether oxygens (including phenoxy) is 1. The highest BCUT2D eigenvalue weighted by Gasteiger charge is 2.36. The smallest absolute Gasteiger partial charge is 0.418 e. The first-order valence-corrected chi connectivity index (χ1v) is 4.25. The summed E-state index contributed by atoms with van der Waals surface area (Å²) in [5.41, 5.74) is -2.54. The summed E-state index contributed by atoms with van der Waals surface area (Å²) in [5.74, 6) is -0.563. The van der Waals surface area contributed by atoms with E-state index in [0.717, 1.165) is 7.11 Å². The zero-order chi connectivity index (χ0) is 12.5. The fraction of sp³-hybridized carbons (Fsp3) is 0.375. The first-order valence-electron chi connectivity index (χ1n) is 3.87. The molecule has 0 atom stereocenters. The van der Waals surface area contributed by atoms with E-state index in [1.807, 2.05) is 0 Å². The van der Waals surface area contributed by atoms with Gasteiger partial charge in [-0.3, -0.25) is 0 Å². The van der Waals surface area contributed by atoms with Crippen LogP contribution in [0.3, 0.4) is 0 Å². The summed E-state index contributed by atoms with van der Waals surface area (Å²) in [7, 11) is 1.02. The molecule has 0 N–H and O–H groups in total. The molecule has 0 aliphatic carbocycles. The molecule has 8 heteroatoms. The van der Waals surface area contributed by atoms with Gasteiger partial charge in [-0.2, -0.15) is 13.2 Å². The van der Waals surface area contributed by atoms with Crippen LogP contribution in [0.25, 0.3) is 0 Å². The van der Waals surface area contributed by atoms with Crippen LogP contribution in [0.15, 0.2) is 6.07 Å². The van der Waals surface area contributed by atoms with Gasteiger partial charge in [0.2, 0.25) is 5.88 Å². The van der Waals surface area contributed by atoms with Crippen LogP contribution >= 0.6 is 11.6 Å². The highest BCUT2D eigenvalue weighted by atomic mass is 35.5. The van der Waals surface area contributed by atoms with Crippen LogP contribution in [0.5, 0.6) is 5.88 Å². The topological polar surface area (TPSA) is 22.1 Å². The lowest BCUT2D eigenvalue weighted by atomic mass is 10.2. The molecule has 0 fully saturated rings. The van der Waals surface area contributed by atoms with Crippen molar-refractivity contribution in [3.63, 3.8) is 0 Å². The number of nitrogens with zero attached hydrogens (tertiary/aromatic N) is 1. The number of alkyl halides is 5. The van der Waals surface area contributed by atoms with E-state index in [1.165, 1.54) is 0 Å². The van der Waals surface area contributed by atoms with Crippen molar-refractivity contribution in [1.29, 1.82) is 0 Å². The minimum absolute atomic E-state index is 0.466. The molecular formula is C8H5ClF5NO. The van der Waals surface area contributed by atoms with Gasteiger partial charge in [0.1, 0.15) is 5.69 Å². The number of rotatable bonds is 2. The van der Waals surface area contributed by atoms with E-state index in [9.17, 15) is 22.0 Å². The van der Waals surface area contributed by atoms with Crippen LogP contribution in [-0.4, -0.2) is 12.1 Å². The first kappa shape index (κ1) is 13.0. The summed E-state index contributed by atoms with van der Waals surface area (Å²) in [4.78, 5) is 3.16. The molecule has 0 saturated carbocycles. The molecule has 0 bridgehead atoms. The van der Waals surface area contributed by atoms with Crippen LogP contribution in [-0.2, 0) is 6.18 Å². The quantitative estimate of drug-likeness (QED) is 0.757. The maximum absolute atomic E-state index is 12.4. The second-order valence-electron chi connectivity index (χ2n) is 2.71. The van der Waals surface area contributed by atoms with Gasteiger partial charge in [-0.05, 0) is 0 Å². The first-order chi connectivity index (χ1) is 7.27. The Morgan fingerprint density at radius 1 is 1.38 bits per heavy atom. The number of hydrogen-bond donors (Lipinski definition) is 0. The standard InChI is InChI=1S/C8H5ClF5NO/c1-16-4-2-3(8(12,13)14)5(9)6(15-4)7(10)11/h2,7H,1H3. The molecule has 90 valence electrons. The predicted octanol–water partition coefficient (Wildman–Crippen LogP) is 3.70. The lowest BCUT2D eigenvalue weighted by Crippen LogP contribution is -2.09. The van der Waals surface area contributed by atoms with Gasteiger partial charge >= 0.3 is 6.18 Å². The summed E-state index contributed by atoms with van der Waals surface area (Å²) >= 11 is 5.20. The minimum atomic E-state index is -4.84. The maximum atomic E-state index is 12.4. The summed E-state index contributed by atoms with van der Waals surface area (Å²) in [6.07, 6.45) is -8.04. The van der Waals surface area contributed by atoms with Gasteiger partial charge in [-0.25, -0.2) is 13.8 Å². The highest BCUT2D eigenvalue weighted by molar-refractivity contribution is 6.32. The van der Waals surface area contributed by atoms with E-state index in [0.29, 0.717) is 6.07 Å². The van der Waals surface area contributed by atoms with Crippen molar-refractivity contribution in [3.05, 3.63) is 22.3 Å². The third-order valence-corrected chi connectivity index (χ3v) is 2.08. The van der Waals surface area contributed by atoms with Gasteiger partial charge in [0, 0.05) is 6.07 Å². The van der Waals surface area contributed by atoms with E-state index in [-0.39, 0.29) is 0 Å². The Kier molecular flexibility index (Phi) is 3.57. The van der Waals surface area contributed by atoms with Gasteiger partial charge < -0.3 is 4.74 Å². The van der Waals surface area contributed by atoms with Crippen LogP contribution in [0.4, 0.5) is 22.0 Å². The monoisotopic (exact) mass is 261 g/mol. The third kappa shape index (κ3) is 2.52. The molecule has 1 rings (SSSR count). The van der Waals surface area contributed by atoms with E-state index in [2.05, 4.69) is 9.72 Å². The van der Waals surface area contributed by atoms with E-state index in [4.69, 9.17) is 11.6 Å². The highest BCUT2D eigenvalue weighted by Crippen LogP contribution is 2.40. The molecule has 0 aliphatic rings. The molecule has 0 unspecified atom stereocenters. The van der Waals surface area contributed by atoms with Gasteiger partial charge in [0.15, 0.2) is 0 Å². The number of pyridine rings is 1. The largest absolute Gasteiger partial charge is 0.481 e. The molecule has 0 aliphatic heterocycles. The van der Waals surface area contributed by atoms with Crippen molar-refractivity contribution < 1.29 is 26.7 Å². The Labute approximate surface area is 92.0 Å². The Balaban J connectivity index is 3.44. The van der Waals surface area contributed by atoms with E-state index in [1.54, 1.807) is 0 Å². The minimum Gasteiger partial charge on any atom is -0.481 e. The molecular weight excluding hydrogens is 257 g/mol. The van der Waals surface area contributed by atoms with Crippen molar-refractivity contribution in [2.45, 2.75) is 12.6 Å². The Bertz CT molecular complexity index is 393. The van der Waals surface area contributed by atoms with Crippen molar-refractivity contribution in [1.82, 2.24) is 4.98 Å². The molecule has 1 heterocycles. The molecule has 1 aromatic rings. The van der Waals surface area contributed by atoms with E-state index < -0.39 is 34.8 Å². The fourth-order valence-electron chi connectivity index (χ4n) is 0.980. The molecule has 0 saturated heterocycles. The molecule has 16 heavy (non-hydrogen) atoms. The molecule has 0 spiro atoms. The van der Waals surface area contributed by atoms with Gasteiger partial charge in [-0.15, -0.1) is 0 Å². The second-order valence-corrected chi connectivity index (χ2v) is 3.09.